The van der Waals surface area contributed by atoms with Crippen LogP contribution in [0.15, 0.2) is 11.1 Å². The summed E-state index contributed by atoms with van der Waals surface area (Å²) in [5.41, 5.74) is -3.78. The van der Waals surface area contributed by atoms with Gasteiger partial charge in [-0.05, 0) is 36.8 Å². The highest BCUT2D eigenvalue weighted by Gasteiger charge is 2.75. The standard InChI is InChI=1S/C25H38O8/c1-11-15(33-14(4)27)9-25(31)12(2)20-23(7,21(30)19(29)18(11)22(25,5)6)16(28)8-17-24(20,10-32-17)13(3)26/h12,15-17,19-21,28-31H,8-10H2,1-7H3/t12-,15-,16-,17+,19+,20-,21-,23+,24-,25+/m0/s1. The molecule has 186 valence electrons. The molecule has 1 saturated heterocycles. The van der Waals surface area contributed by atoms with Crippen molar-refractivity contribution in [1.82, 2.24) is 0 Å². The Morgan fingerprint density at radius 2 is 1.73 bits per heavy atom. The van der Waals surface area contributed by atoms with Gasteiger partial charge in [-0.3, -0.25) is 9.59 Å². The fraction of sp³-hybridized carbons (Fsp3) is 0.840. The maximum absolute atomic E-state index is 13.2. The average molecular weight is 467 g/mol. The van der Waals surface area contributed by atoms with Gasteiger partial charge >= 0.3 is 5.97 Å². The number of carbonyl (C=O) groups is 2. The first-order chi connectivity index (χ1) is 15.1. The van der Waals surface area contributed by atoms with E-state index in [4.69, 9.17) is 9.47 Å². The summed E-state index contributed by atoms with van der Waals surface area (Å²) in [4.78, 5) is 25.0. The van der Waals surface area contributed by atoms with Gasteiger partial charge in [0.1, 0.15) is 18.0 Å². The number of ketones is 1. The molecule has 0 unspecified atom stereocenters. The number of aliphatic hydroxyl groups excluding tert-OH is 3. The summed E-state index contributed by atoms with van der Waals surface area (Å²) < 4.78 is 11.3. The van der Waals surface area contributed by atoms with Gasteiger partial charge in [0.2, 0.25) is 0 Å². The van der Waals surface area contributed by atoms with Crippen molar-refractivity contribution >= 4 is 11.8 Å². The number of Topliss-reactive ketones (excluding diaryl/α,β-unsaturated/α-hetero) is 1. The van der Waals surface area contributed by atoms with Gasteiger partial charge < -0.3 is 29.9 Å². The average Bonchev–Trinajstić information content (AvgIpc) is 2.69. The zero-order valence-electron chi connectivity index (χ0n) is 20.6. The van der Waals surface area contributed by atoms with Crippen LogP contribution in [0.4, 0.5) is 0 Å². The van der Waals surface area contributed by atoms with E-state index in [1.807, 2.05) is 20.8 Å². The van der Waals surface area contributed by atoms with E-state index in [2.05, 4.69) is 0 Å². The first-order valence-corrected chi connectivity index (χ1v) is 11.9. The Kier molecular flexibility index (Phi) is 5.51. The van der Waals surface area contributed by atoms with E-state index >= 15 is 0 Å². The van der Waals surface area contributed by atoms with Gasteiger partial charge in [0.05, 0.1) is 35.9 Å². The van der Waals surface area contributed by atoms with Crippen LogP contribution in [0.5, 0.6) is 0 Å². The molecule has 1 heterocycles. The highest BCUT2D eigenvalue weighted by atomic mass is 16.5. The Hall–Kier alpha value is -1.32. The zero-order chi connectivity index (χ0) is 24.9. The molecule has 1 aliphatic heterocycles. The van der Waals surface area contributed by atoms with E-state index in [-0.39, 0.29) is 25.2 Å². The van der Waals surface area contributed by atoms with Gasteiger partial charge in [-0.1, -0.05) is 27.7 Å². The van der Waals surface area contributed by atoms with Crippen molar-refractivity contribution in [3.05, 3.63) is 11.1 Å². The molecule has 2 bridgehead atoms. The van der Waals surface area contributed by atoms with E-state index in [0.717, 1.165) is 0 Å². The predicted octanol–water partition coefficient (Wildman–Crippen LogP) is 1.13. The third-order valence-corrected chi connectivity index (χ3v) is 10.1. The van der Waals surface area contributed by atoms with E-state index < -0.39 is 70.2 Å². The smallest absolute Gasteiger partial charge is 0.303 e. The minimum absolute atomic E-state index is 0.0844. The maximum atomic E-state index is 13.2. The van der Waals surface area contributed by atoms with Crippen molar-refractivity contribution in [2.24, 2.45) is 28.1 Å². The van der Waals surface area contributed by atoms with E-state index in [1.54, 1.807) is 13.8 Å². The lowest BCUT2D eigenvalue weighted by molar-refractivity contribution is -0.320. The molecule has 4 aliphatic rings. The molecule has 8 nitrogen and oxygen atoms in total. The van der Waals surface area contributed by atoms with Crippen LogP contribution >= 0.6 is 0 Å². The summed E-state index contributed by atoms with van der Waals surface area (Å²) in [6.07, 6.45) is -4.95. The Morgan fingerprint density at radius 1 is 1.12 bits per heavy atom. The van der Waals surface area contributed by atoms with Crippen LogP contribution in [0, 0.1) is 28.1 Å². The Balaban J connectivity index is 2.02. The van der Waals surface area contributed by atoms with Gasteiger partial charge in [0, 0.05) is 30.6 Å². The summed E-state index contributed by atoms with van der Waals surface area (Å²) in [5, 5.41) is 47.0. The molecule has 8 heteroatoms. The van der Waals surface area contributed by atoms with Crippen molar-refractivity contribution in [2.75, 3.05) is 6.61 Å². The summed E-state index contributed by atoms with van der Waals surface area (Å²) in [5.74, 6) is -1.91. The summed E-state index contributed by atoms with van der Waals surface area (Å²) in [6, 6.07) is 0. The molecule has 0 amide bonds. The second kappa shape index (κ2) is 7.34. The van der Waals surface area contributed by atoms with Crippen LogP contribution in [0.1, 0.15) is 61.3 Å². The lowest BCUT2D eigenvalue weighted by Gasteiger charge is -2.70. The molecular formula is C25H38O8. The fourth-order valence-electron chi connectivity index (χ4n) is 8.13. The zero-order valence-corrected chi connectivity index (χ0v) is 20.6. The third-order valence-electron chi connectivity index (χ3n) is 10.1. The van der Waals surface area contributed by atoms with E-state index in [1.165, 1.54) is 13.8 Å². The van der Waals surface area contributed by atoms with Crippen LogP contribution in [0.25, 0.3) is 0 Å². The molecule has 2 saturated carbocycles. The molecule has 0 aromatic rings. The van der Waals surface area contributed by atoms with Crippen molar-refractivity contribution in [3.63, 3.8) is 0 Å². The molecule has 4 rings (SSSR count). The third kappa shape index (κ3) is 2.82. The molecule has 4 N–H and O–H groups in total. The summed E-state index contributed by atoms with van der Waals surface area (Å²) in [6.45, 7) is 11.9. The first kappa shape index (κ1) is 24.8. The quantitative estimate of drug-likeness (QED) is 0.352. The number of ether oxygens (including phenoxy) is 2. The highest BCUT2D eigenvalue weighted by Crippen LogP contribution is 2.67. The number of aliphatic hydroxyl groups is 4. The number of fused-ring (bicyclic) bond motifs is 5. The molecule has 0 aromatic heterocycles. The fourth-order valence-corrected chi connectivity index (χ4v) is 8.13. The minimum atomic E-state index is -1.51. The minimum Gasteiger partial charge on any atom is -0.458 e. The van der Waals surface area contributed by atoms with Gasteiger partial charge in [-0.2, -0.15) is 0 Å². The van der Waals surface area contributed by atoms with Crippen molar-refractivity contribution in [2.45, 2.75) is 97.4 Å². The van der Waals surface area contributed by atoms with Crippen LogP contribution in [-0.4, -0.2) is 74.9 Å². The van der Waals surface area contributed by atoms with E-state index in [9.17, 15) is 30.0 Å². The summed E-state index contributed by atoms with van der Waals surface area (Å²) in [7, 11) is 0. The highest BCUT2D eigenvalue weighted by molar-refractivity contribution is 5.85. The molecular weight excluding hydrogens is 428 g/mol. The number of hydrogen-bond acceptors (Lipinski definition) is 8. The number of hydrogen-bond donors (Lipinski definition) is 4. The first-order valence-electron chi connectivity index (χ1n) is 11.9. The molecule has 0 aromatic carbocycles. The summed E-state index contributed by atoms with van der Waals surface area (Å²) >= 11 is 0. The Morgan fingerprint density at radius 3 is 2.21 bits per heavy atom. The van der Waals surface area contributed by atoms with Crippen molar-refractivity contribution in [3.8, 4) is 0 Å². The molecule has 33 heavy (non-hydrogen) atoms. The van der Waals surface area contributed by atoms with Gasteiger partial charge in [-0.15, -0.1) is 0 Å². The van der Waals surface area contributed by atoms with Crippen LogP contribution in [-0.2, 0) is 19.1 Å². The maximum Gasteiger partial charge on any atom is 0.303 e. The topological polar surface area (TPSA) is 134 Å². The number of rotatable bonds is 2. The van der Waals surface area contributed by atoms with Crippen LogP contribution in [0.3, 0.4) is 0 Å². The lowest BCUT2D eigenvalue weighted by Crippen LogP contribution is -2.78. The Bertz CT molecular complexity index is 910. The largest absolute Gasteiger partial charge is 0.458 e. The van der Waals surface area contributed by atoms with Crippen molar-refractivity contribution < 1.29 is 39.5 Å². The molecule has 10 atom stereocenters. The molecule has 3 aliphatic carbocycles. The van der Waals surface area contributed by atoms with Crippen LogP contribution in [0.2, 0.25) is 0 Å². The second-order valence-electron chi connectivity index (χ2n) is 11.6. The SMILES string of the molecule is CC(=O)O[C@H]1C[C@@]2(O)[C@@H](C)[C@@H]3[C@]4(C(C)=O)CO[C@@H]4C[C@H](O)[C@@]3(C)[C@@H](O)[C@H](O)C(=C1C)C2(C)C. The molecule has 0 radical (unpaired) electrons. The second-order valence-corrected chi connectivity index (χ2v) is 11.6. The monoisotopic (exact) mass is 466 g/mol. The Labute approximate surface area is 195 Å². The van der Waals surface area contributed by atoms with Gasteiger partial charge in [0.15, 0.2) is 0 Å². The lowest BCUT2D eigenvalue weighted by atomic mass is 9.39. The van der Waals surface area contributed by atoms with Gasteiger partial charge in [-0.25, -0.2) is 0 Å². The normalized spacial score (nSPS) is 50.8. The predicted molar refractivity (Wildman–Crippen MR) is 118 cm³/mol. The van der Waals surface area contributed by atoms with Crippen molar-refractivity contribution in [1.29, 1.82) is 0 Å². The molecule has 0 spiro atoms. The molecule has 3 fully saturated rings. The number of carbonyl (C=O) groups excluding carboxylic acids is 2. The number of esters is 1. The van der Waals surface area contributed by atoms with Gasteiger partial charge in [0.25, 0.3) is 0 Å². The van der Waals surface area contributed by atoms with Crippen LogP contribution < -0.4 is 0 Å². The van der Waals surface area contributed by atoms with E-state index in [0.29, 0.717) is 11.1 Å².